The van der Waals surface area contributed by atoms with Crippen LogP contribution in [-0.2, 0) is 0 Å². The lowest BCUT2D eigenvalue weighted by Gasteiger charge is -2.07. The van der Waals surface area contributed by atoms with E-state index in [9.17, 15) is 13.6 Å². The van der Waals surface area contributed by atoms with Gasteiger partial charge < -0.3 is 9.47 Å². The van der Waals surface area contributed by atoms with Crippen molar-refractivity contribution >= 4 is 5.97 Å². The van der Waals surface area contributed by atoms with Crippen LogP contribution in [0.25, 0.3) is 0 Å². The second-order valence-electron chi connectivity index (χ2n) is 4.19. The van der Waals surface area contributed by atoms with Crippen molar-refractivity contribution in [2.75, 3.05) is 6.61 Å². The summed E-state index contributed by atoms with van der Waals surface area (Å²) in [4.78, 5) is 14.8. The standard InChI is InChI=1S/C15H13F2NO3/c1-2-9-20-11-5-3-10(4-6-11)15(19)21-12-7-8-13(16)18-14(12)17/h3-8H,2,9H2,1H3. The van der Waals surface area contributed by atoms with Gasteiger partial charge in [0, 0.05) is 0 Å². The van der Waals surface area contributed by atoms with Crippen LogP contribution in [0, 0.1) is 11.9 Å². The van der Waals surface area contributed by atoms with E-state index in [1.165, 1.54) is 12.1 Å². The summed E-state index contributed by atoms with van der Waals surface area (Å²) in [6.45, 7) is 2.56. The number of ether oxygens (including phenoxy) is 2. The Bertz CT molecular complexity index is 629. The summed E-state index contributed by atoms with van der Waals surface area (Å²) in [5, 5.41) is 0. The quantitative estimate of drug-likeness (QED) is 0.626. The Morgan fingerprint density at radius 3 is 2.48 bits per heavy atom. The van der Waals surface area contributed by atoms with Gasteiger partial charge in [-0.1, -0.05) is 6.92 Å². The maximum absolute atomic E-state index is 13.3. The Hall–Kier alpha value is -2.50. The molecule has 0 bridgehead atoms. The minimum Gasteiger partial charge on any atom is -0.494 e. The van der Waals surface area contributed by atoms with Crippen LogP contribution < -0.4 is 9.47 Å². The summed E-state index contributed by atoms with van der Waals surface area (Å²) >= 11 is 0. The fraction of sp³-hybridized carbons (Fsp3) is 0.200. The normalized spacial score (nSPS) is 10.2. The molecule has 0 aliphatic rings. The fourth-order valence-corrected chi connectivity index (χ4v) is 1.54. The Labute approximate surface area is 120 Å². The molecule has 0 amide bonds. The molecule has 0 atom stereocenters. The van der Waals surface area contributed by atoms with Crippen LogP contribution in [0.2, 0.25) is 0 Å². The average molecular weight is 293 g/mol. The molecule has 1 aromatic heterocycles. The van der Waals surface area contributed by atoms with E-state index in [4.69, 9.17) is 9.47 Å². The second kappa shape index (κ2) is 6.78. The molecule has 4 nitrogen and oxygen atoms in total. The number of halogens is 2. The Balaban J connectivity index is 2.06. The number of aromatic nitrogens is 1. The van der Waals surface area contributed by atoms with Crippen LogP contribution in [-0.4, -0.2) is 17.6 Å². The zero-order valence-corrected chi connectivity index (χ0v) is 11.3. The van der Waals surface area contributed by atoms with Crippen molar-refractivity contribution in [3.8, 4) is 11.5 Å². The molecule has 2 aromatic rings. The van der Waals surface area contributed by atoms with Crippen molar-refractivity contribution in [2.45, 2.75) is 13.3 Å². The van der Waals surface area contributed by atoms with Crippen molar-refractivity contribution in [3.05, 3.63) is 53.9 Å². The summed E-state index contributed by atoms with van der Waals surface area (Å²) in [6, 6.07) is 8.16. The van der Waals surface area contributed by atoms with Gasteiger partial charge in [-0.2, -0.15) is 13.8 Å². The minimum absolute atomic E-state index is 0.225. The van der Waals surface area contributed by atoms with Gasteiger partial charge >= 0.3 is 5.97 Å². The van der Waals surface area contributed by atoms with Crippen LogP contribution >= 0.6 is 0 Å². The van der Waals surface area contributed by atoms with Crippen molar-refractivity contribution in [2.24, 2.45) is 0 Å². The highest BCUT2D eigenvalue weighted by Gasteiger charge is 2.13. The first-order valence-electron chi connectivity index (χ1n) is 6.37. The molecule has 0 aliphatic carbocycles. The number of nitrogens with zero attached hydrogens (tertiary/aromatic N) is 1. The molecular weight excluding hydrogens is 280 g/mol. The predicted molar refractivity (Wildman–Crippen MR) is 71.3 cm³/mol. The summed E-state index contributed by atoms with van der Waals surface area (Å²) < 4.78 is 36.1. The number of benzene rings is 1. The van der Waals surface area contributed by atoms with Crippen LogP contribution in [0.15, 0.2) is 36.4 Å². The molecule has 0 saturated heterocycles. The number of hydrogen-bond acceptors (Lipinski definition) is 4. The van der Waals surface area contributed by atoms with E-state index < -0.39 is 23.6 Å². The van der Waals surface area contributed by atoms with Crippen LogP contribution in [0.5, 0.6) is 11.5 Å². The zero-order valence-electron chi connectivity index (χ0n) is 11.3. The maximum atomic E-state index is 13.3. The number of esters is 1. The van der Waals surface area contributed by atoms with Gasteiger partial charge in [0.25, 0.3) is 5.95 Å². The van der Waals surface area contributed by atoms with Crippen LogP contribution in [0.3, 0.4) is 0 Å². The van der Waals surface area contributed by atoms with E-state index in [1.807, 2.05) is 6.92 Å². The minimum atomic E-state index is -1.17. The Morgan fingerprint density at radius 1 is 1.14 bits per heavy atom. The van der Waals surface area contributed by atoms with Gasteiger partial charge in [0.2, 0.25) is 5.95 Å². The third-order valence-corrected chi connectivity index (χ3v) is 2.55. The molecule has 1 heterocycles. The van der Waals surface area contributed by atoms with Gasteiger partial charge in [0.05, 0.1) is 12.2 Å². The largest absolute Gasteiger partial charge is 0.494 e. The van der Waals surface area contributed by atoms with E-state index in [0.29, 0.717) is 12.4 Å². The van der Waals surface area contributed by atoms with Gasteiger partial charge in [-0.05, 0) is 42.8 Å². The second-order valence-corrected chi connectivity index (χ2v) is 4.19. The molecule has 6 heteroatoms. The summed E-state index contributed by atoms with van der Waals surface area (Å²) in [7, 11) is 0. The molecule has 0 saturated carbocycles. The molecule has 0 radical (unpaired) electrons. The number of carbonyl (C=O) groups is 1. The molecule has 2 rings (SSSR count). The molecule has 0 N–H and O–H groups in total. The predicted octanol–water partition coefficient (Wildman–Crippen LogP) is 3.37. The molecule has 110 valence electrons. The third-order valence-electron chi connectivity index (χ3n) is 2.55. The monoisotopic (exact) mass is 293 g/mol. The van der Waals surface area contributed by atoms with Gasteiger partial charge in [-0.15, -0.1) is 0 Å². The van der Waals surface area contributed by atoms with Gasteiger partial charge in [-0.3, -0.25) is 0 Å². The maximum Gasteiger partial charge on any atom is 0.343 e. The number of hydrogen-bond donors (Lipinski definition) is 0. The SMILES string of the molecule is CCCOc1ccc(C(=O)Oc2ccc(F)nc2F)cc1. The topological polar surface area (TPSA) is 48.4 Å². The van der Waals surface area contributed by atoms with Crippen molar-refractivity contribution in [1.82, 2.24) is 4.98 Å². The molecule has 0 spiro atoms. The van der Waals surface area contributed by atoms with E-state index in [2.05, 4.69) is 4.98 Å². The van der Waals surface area contributed by atoms with E-state index >= 15 is 0 Å². The third kappa shape index (κ3) is 3.98. The average Bonchev–Trinajstić information content (AvgIpc) is 2.48. The first kappa shape index (κ1) is 14.9. The summed E-state index contributed by atoms with van der Waals surface area (Å²) in [6.07, 6.45) is 0.876. The van der Waals surface area contributed by atoms with Gasteiger partial charge in [0.1, 0.15) is 5.75 Å². The lowest BCUT2D eigenvalue weighted by atomic mass is 10.2. The molecule has 0 aliphatic heterocycles. The van der Waals surface area contributed by atoms with E-state index in [0.717, 1.165) is 18.6 Å². The van der Waals surface area contributed by atoms with Crippen LogP contribution in [0.1, 0.15) is 23.7 Å². The molecule has 21 heavy (non-hydrogen) atoms. The van der Waals surface area contributed by atoms with E-state index in [-0.39, 0.29) is 5.56 Å². The fourth-order valence-electron chi connectivity index (χ4n) is 1.54. The van der Waals surface area contributed by atoms with Gasteiger partial charge in [0.15, 0.2) is 5.75 Å². The molecular formula is C15H13F2NO3. The number of carbonyl (C=O) groups excluding carboxylic acids is 1. The lowest BCUT2D eigenvalue weighted by molar-refractivity contribution is 0.0725. The number of rotatable bonds is 5. The van der Waals surface area contributed by atoms with Crippen molar-refractivity contribution in [3.63, 3.8) is 0 Å². The van der Waals surface area contributed by atoms with Crippen LogP contribution in [0.4, 0.5) is 8.78 Å². The summed E-state index contributed by atoms with van der Waals surface area (Å²) in [5.41, 5.74) is 0.225. The Morgan fingerprint density at radius 2 is 1.86 bits per heavy atom. The van der Waals surface area contributed by atoms with E-state index in [1.54, 1.807) is 12.1 Å². The highest BCUT2D eigenvalue weighted by molar-refractivity contribution is 5.91. The summed E-state index contributed by atoms with van der Waals surface area (Å²) in [5.74, 6) is -2.71. The van der Waals surface area contributed by atoms with Crippen molar-refractivity contribution < 1.29 is 23.0 Å². The first-order chi connectivity index (χ1) is 10.1. The lowest BCUT2D eigenvalue weighted by Crippen LogP contribution is -2.10. The van der Waals surface area contributed by atoms with Crippen molar-refractivity contribution in [1.29, 1.82) is 0 Å². The highest BCUT2D eigenvalue weighted by Crippen LogP contribution is 2.18. The van der Waals surface area contributed by atoms with Gasteiger partial charge in [-0.25, -0.2) is 4.79 Å². The highest BCUT2D eigenvalue weighted by atomic mass is 19.1. The molecule has 1 aromatic carbocycles. The smallest absolute Gasteiger partial charge is 0.343 e. The first-order valence-corrected chi connectivity index (χ1v) is 6.37. The molecule has 0 fully saturated rings. The number of pyridine rings is 1. The molecule has 0 unspecified atom stereocenters. The Kier molecular flexibility index (Phi) is 4.81. The zero-order chi connectivity index (χ0) is 15.2.